The Labute approximate surface area is 80.5 Å². The van der Waals surface area contributed by atoms with Crippen molar-refractivity contribution in [1.82, 2.24) is 10.2 Å². The predicted octanol–water partition coefficient (Wildman–Crippen LogP) is 0.854. The van der Waals surface area contributed by atoms with Crippen LogP contribution in [0.2, 0.25) is 0 Å². The molecular formula is C10H20N2O. The lowest BCUT2D eigenvalue weighted by molar-refractivity contribution is -0.131. The first-order chi connectivity index (χ1) is 6.05. The van der Waals surface area contributed by atoms with E-state index >= 15 is 0 Å². The van der Waals surface area contributed by atoms with Gasteiger partial charge in [-0.25, -0.2) is 0 Å². The lowest BCUT2D eigenvalue weighted by atomic mass is 9.93. The molecule has 0 atom stereocenters. The fourth-order valence-corrected chi connectivity index (χ4v) is 1.73. The number of hydrogen-bond donors (Lipinski definition) is 1. The number of nitrogens with one attached hydrogen (secondary N) is 1. The monoisotopic (exact) mass is 184 g/mol. The third-order valence-corrected chi connectivity index (χ3v) is 2.44. The van der Waals surface area contributed by atoms with Gasteiger partial charge in [-0.05, 0) is 5.41 Å². The molecule has 1 saturated heterocycles. The molecule has 3 heteroatoms. The maximum atomic E-state index is 11.5. The second-order valence-electron chi connectivity index (χ2n) is 4.51. The second kappa shape index (κ2) is 4.09. The van der Waals surface area contributed by atoms with Crippen LogP contribution in [0.15, 0.2) is 0 Å². The van der Waals surface area contributed by atoms with Crippen LogP contribution in [0, 0.1) is 5.41 Å². The minimum absolute atomic E-state index is 0.210. The first-order valence-corrected chi connectivity index (χ1v) is 5.04. The molecule has 0 aromatic heterocycles. The molecule has 1 N–H and O–H groups in total. The molecule has 13 heavy (non-hydrogen) atoms. The Morgan fingerprint density at radius 1 is 1.54 bits per heavy atom. The Bertz CT molecular complexity index is 189. The fraction of sp³-hybridized carbons (Fsp3) is 0.900. The molecule has 76 valence electrons. The summed E-state index contributed by atoms with van der Waals surface area (Å²) in [4.78, 5) is 13.5. The third kappa shape index (κ3) is 2.99. The minimum atomic E-state index is 0.210. The Hall–Kier alpha value is -0.570. The van der Waals surface area contributed by atoms with E-state index < -0.39 is 0 Å². The van der Waals surface area contributed by atoms with Crippen LogP contribution in [-0.4, -0.2) is 37.0 Å². The molecule has 0 unspecified atom stereocenters. The van der Waals surface area contributed by atoms with Gasteiger partial charge < -0.3 is 10.2 Å². The van der Waals surface area contributed by atoms with Crippen LogP contribution >= 0.6 is 0 Å². The molecule has 0 radical (unpaired) electrons. The van der Waals surface area contributed by atoms with Gasteiger partial charge in [-0.3, -0.25) is 4.79 Å². The Morgan fingerprint density at radius 3 is 2.85 bits per heavy atom. The number of carbonyl (C=O) groups excluding carboxylic acids is 1. The summed E-state index contributed by atoms with van der Waals surface area (Å²) in [5.41, 5.74) is 0.210. The summed E-state index contributed by atoms with van der Waals surface area (Å²) in [5.74, 6) is 0.275. The van der Waals surface area contributed by atoms with Gasteiger partial charge in [-0.2, -0.15) is 0 Å². The topological polar surface area (TPSA) is 32.3 Å². The van der Waals surface area contributed by atoms with Gasteiger partial charge in [-0.15, -0.1) is 0 Å². The first-order valence-electron chi connectivity index (χ1n) is 5.04. The van der Waals surface area contributed by atoms with E-state index in [0.717, 1.165) is 26.2 Å². The van der Waals surface area contributed by atoms with Crippen molar-refractivity contribution in [3.63, 3.8) is 0 Å². The highest BCUT2D eigenvalue weighted by Crippen LogP contribution is 2.17. The van der Waals surface area contributed by atoms with Crippen LogP contribution < -0.4 is 5.32 Å². The van der Waals surface area contributed by atoms with Crippen LogP contribution in [0.1, 0.15) is 27.2 Å². The van der Waals surface area contributed by atoms with E-state index in [1.807, 2.05) is 11.8 Å². The van der Waals surface area contributed by atoms with E-state index in [2.05, 4.69) is 19.2 Å². The third-order valence-electron chi connectivity index (χ3n) is 2.44. The van der Waals surface area contributed by atoms with Crippen molar-refractivity contribution in [2.75, 3.05) is 26.2 Å². The molecule has 0 spiro atoms. The van der Waals surface area contributed by atoms with Gasteiger partial charge in [0.25, 0.3) is 0 Å². The molecule has 0 aromatic rings. The summed E-state index contributed by atoms with van der Waals surface area (Å²) in [6, 6.07) is 0. The van der Waals surface area contributed by atoms with Crippen LogP contribution in [0.4, 0.5) is 0 Å². The highest BCUT2D eigenvalue weighted by Gasteiger charge is 2.26. The summed E-state index contributed by atoms with van der Waals surface area (Å²) < 4.78 is 0. The van der Waals surface area contributed by atoms with Crippen molar-refractivity contribution < 1.29 is 4.79 Å². The molecule has 1 aliphatic heterocycles. The Kier molecular flexibility index (Phi) is 3.31. The van der Waals surface area contributed by atoms with Crippen molar-refractivity contribution in [2.45, 2.75) is 27.2 Å². The number of hydrogen-bond acceptors (Lipinski definition) is 2. The molecule has 0 saturated carbocycles. The zero-order valence-electron chi connectivity index (χ0n) is 8.89. The van der Waals surface area contributed by atoms with Gasteiger partial charge in [0.1, 0.15) is 0 Å². The first kappa shape index (κ1) is 10.5. The summed E-state index contributed by atoms with van der Waals surface area (Å²) >= 11 is 0. The quantitative estimate of drug-likeness (QED) is 0.655. The summed E-state index contributed by atoms with van der Waals surface area (Å²) in [6.07, 6.45) is 0.621. The van der Waals surface area contributed by atoms with E-state index in [-0.39, 0.29) is 11.3 Å². The lowest BCUT2D eigenvalue weighted by Gasteiger charge is -2.28. The molecule has 1 rings (SSSR count). The summed E-state index contributed by atoms with van der Waals surface area (Å²) in [6.45, 7) is 9.98. The highest BCUT2D eigenvalue weighted by molar-refractivity contribution is 5.75. The molecule has 1 heterocycles. The highest BCUT2D eigenvalue weighted by atomic mass is 16.2. The van der Waals surface area contributed by atoms with Crippen molar-refractivity contribution in [1.29, 1.82) is 0 Å². The Balaban J connectivity index is 2.59. The van der Waals surface area contributed by atoms with Gasteiger partial charge in [0.05, 0.1) is 0 Å². The van der Waals surface area contributed by atoms with Crippen molar-refractivity contribution in [3.05, 3.63) is 0 Å². The van der Waals surface area contributed by atoms with Gasteiger partial charge in [0.15, 0.2) is 0 Å². The van der Waals surface area contributed by atoms with E-state index in [9.17, 15) is 4.79 Å². The minimum Gasteiger partial charge on any atom is -0.341 e. The molecule has 0 bridgehead atoms. The molecular weight excluding hydrogens is 164 g/mol. The molecule has 1 fully saturated rings. The van der Waals surface area contributed by atoms with E-state index in [4.69, 9.17) is 0 Å². The fourth-order valence-electron chi connectivity index (χ4n) is 1.73. The average molecular weight is 184 g/mol. The molecule has 0 aromatic carbocycles. The molecule has 1 aliphatic rings. The van der Waals surface area contributed by atoms with E-state index in [0.29, 0.717) is 6.42 Å². The zero-order valence-corrected chi connectivity index (χ0v) is 8.89. The predicted molar refractivity (Wildman–Crippen MR) is 53.5 cm³/mol. The standard InChI is InChI=1S/C10H20N2O/c1-4-9(13)12-6-5-11-7-10(2,3)8-12/h11H,4-8H2,1-3H3. The van der Waals surface area contributed by atoms with Gasteiger partial charge >= 0.3 is 0 Å². The van der Waals surface area contributed by atoms with Crippen LogP contribution in [0.3, 0.4) is 0 Å². The van der Waals surface area contributed by atoms with Gasteiger partial charge in [0, 0.05) is 32.6 Å². The maximum absolute atomic E-state index is 11.5. The smallest absolute Gasteiger partial charge is 0.222 e. The summed E-state index contributed by atoms with van der Waals surface area (Å²) in [5, 5.41) is 3.35. The number of nitrogens with zero attached hydrogens (tertiary/aromatic N) is 1. The van der Waals surface area contributed by atoms with Gasteiger partial charge in [-0.1, -0.05) is 20.8 Å². The SMILES string of the molecule is CCC(=O)N1CCNCC(C)(C)C1. The van der Waals surface area contributed by atoms with Gasteiger partial charge in [0.2, 0.25) is 5.91 Å². The average Bonchev–Trinajstić information content (AvgIpc) is 2.25. The number of amides is 1. The normalized spacial score (nSPS) is 22.5. The Morgan fingerprint density at radius 2 is 2.23 bits per heavy atom. The zero-order chi connectivity index (χ0) is 9.90. The van der Waals surface area contributed by atoms with Crippen molar-refractivity contribution in [2.24, 2.45) is 5.41 Å². The van der Waals surface area contributed by atoms with Crippen LogP contribution in [0.25, 0.3) is 0 Å². The van der Waals surface area contributed by atoms with E-state index in [1.165, 1.54) is 0 Å². The van der Waals surface area contributed by atoms with Crippen molar-refractivity contribution in [3.8, 4) is 0 Å². The summed E-state index contributed by atoms with van der Waals surface area (Å²) in [7, 11) is 0. The number of carbonyl (C=O) groups is 1. The molecule has 0 aliphatic carbocycles. The number of rotatable bonds is 1. The lowest BCUT2D eigenvalue weighted by Crippen LogP contribution is -2.38. The maximum Gasteiger partial charge on any atom is 0.222 e. The largest absolute Gasteiger partial charge is 0.341 e. The van der Waals surface area contributed by atoms with Crippen molar-refractivity contribution >= 4 is 5.91 Å². The van der Waals surface area contributed by atoms with E-state index in [1.54, 1.807) is 0 Å². The molecule has 3 nitrogen and oxygen atoms in total. The van der Waals surface area contributed by atoms with Crippen LogP contribution in [0.5, 0.6) is 0 Å². The van der Waals surface area contributed by atoms with Crippen LogP contribution in [-0.2, 0) is 4.79 Å². The second-order valence-corrected chi connectivity index (χ2v) is 4.51. The molecule has 1 amide bonds.